The average molecular weight is 401 g/mol. The largest absolute Gasteiger partial charge is 0.349 e. The van der Waals surface area contributed by atoms with E-state index in [9.17, 15) is 9.59 Å². The molecule has 3 N–H and O–H groups in total. The highest BCUT2D eigenvalue weighted by molar-refractivity contribution is 9.10. The molecule has 0 spiro atoms. The van der Waals surface area contributed by atoms with E-state index in [-0.39, 0.29) is 29.9 Å². The van der Waals surface area contributed by atoms with Crippen LogP contribution in [-0.2, 0) is 0 Å². The number of carbonyl (C=O) groups excluding carboxylic acids is 1. The molecule has 1 aliphatic heterocycles. The summed E-state index contributed by atoms with van der Waals surface area (Å²) >= 11 is 3.41. The van der Waals surface area contributed by atoms with Gasteiger partial charge in [-0.2, -0.15) is 0 Å². The van der Waals surface area contributed by atoms with Gasteiger partial charge in [-0.1, -0.05) is 12.1 Å². The molecule has 5 nitrogen and oxygen atoms in total. The van der Waals surface area contributed by atoms with Crippen LogP contribution in [0.1, 0.15) is 30.1 Å². The van der Waals surface area contributed by atoms with Crippen molar-refractivity contribution in [2.24, 2.45) is 0 Å². The molecular weight excluding hydrogens is 382 g/mol. The molecule has 124 valence electrons. The van der Waals surface area contributed by atoms with E-state index < -0.39 is 0 Å². The van der Waals surface area contributed by atoms with Crippen LogP contribution in [0.4, 0.5) is 0 Å². The zero-order valence-corrected chi connectivity index (χ0v) is 15.1. The maximum atomic E-state index is 12.6. The van der Waals surface area contributed by atoms with Crippen LogP contribution < -0.4 is 16.2 Å². The van der Waals surface area contributed by atoms with E-state index in [0.717, 1.165) is 29.2 Å². The Bertz CT molecular complexity index is 777. The van der Waals surface area contributed by atoms with Gasteiger partial charge in [-0.15, -0.1) is 12.4 Å². The normalized spacial score (nSPS) is 20.8. The number of para-hydroxylation sites is 1. The predicted molar refractivity (Wildman–Crippen MR) is 97.5 cm³/mol. The zero-order valence-electron chi connectivity index (χ0n) is 12.7. The quantitative estimate of drug-likeness (QED) is 0.725. The molecule has 2 aromatic rings. The predicted octanol–water partition coefficient (Wildman–Crippen LogP) is 2.58. The van der Waals surface area contributed by atoms with Gasteiger partial charge in [-0.05, 0) is 48.3 Å². The van der Waals surface area contributed by atoms with Crippen LogP contribution in [0.5, 0.6) is 0 Å². The Morgan fingerprint density at radius 1 is 1.39 bits per heavy atom. The number of benzene rings is 1. The standard InChI is InChI=1S/C16H18BrN3O2.ClH/c1-9-7-10(5-6-18-9)19-16(22)12-8-14(21)20-15-11(12)3-2-4-13(15)17;/h2-4,8-10,18H,5-7H2,1H3,(H,19,22)(H,20,21);1H. The monoisotopic (exact) mass is 399 g/mol. The van der Waals surface area contributed by atoms with Crippen molar-refractivity contribution in [3.63, 3.8) is 0 Å². The van der Waals surface area contributed by atoms with E-state index in [4.69, 9.17) is 0 Å². The number of aromatic amines is 1. The topological polar surface area (TPSA) is 74.0 Å². The number of aromatic nitrogens is 1. The summed E-state index contributed by atoms with van der Waals surface area (Å²) in [6, 6.07) is 7.45. The summed E-state index contributed by atoms with van der Waals surface area (Å²) in [5.74, 6) is -0.187. The lowest BCUT2D eigenvalue weighted by molar-refractivity contribution is 0.0927. The van der Waals surface area contributed by atoms with Crippen LogP contribution in [0.25, 0.3) is 10.9 Å². The minimum absolute atomic E-state index is 0. The van der Waals surface area contributed by atoms with Crippen molar-refractivity contribution in [3.8, 4) is 0 Å². The Morgan fingerprint density at radius 3 is 2.91 bits per heavy atom. The Labute approximate surface area is 148 Å². The third-order valence-electron chi connectivity index (χ3n) is 4.03. The first-order chi connectivity index (χ1) is 10.5. The van der Waals surface area contributed by atoms with Crippen molar-refractivity contribution < 1.29 is 4.79 Å². The molecule has 2 heterocycles. The lowest BCUT2D eigenvalue weighted by Crippen LogP contribution is -2.46. The minimum atomic E-state index is -0.275. The molecule has 1 aliphatic rings. The summed E-state index contributed by atoms with van der Waals surface area (Å²) in [5, 5.41) is 7.16. The number of hydrogen-bond acceptors (Lipinski definition) is 3. The third kappa shape index (κ3) is 3.94. The smallest absolute Gasteiger partial charge is 0.252 e. The number of rotatable bonds is 2. The van der Waals surface area contributed by atoms with E-state index in [0.29, 0.717) is 17.1 Å². The van der Waals surface area contributed by atoms with Gasteiger partial charge in [0, 0.05) is 28.0 Å². The van der Waals surface area contributed by atoms with Crippen molar-refractivity contribution >= 4 is 45.1 Å². The highest BCUT2D eigenvalue weighted by Gasteiger charge is 2.21. The number of fused-ring (bicyclic) bond motifs is 1. The Balaban J connectivity index is 0.00000192. The van der Waals surface area contributed by atoms with Crippen molar-refractivity contribution in [1.29, 1.82) is 0 Å². The molecule has 0 bridgehead atoms. The molecule has 3 rings (SSSR count). The van der Waals surface area contributed by atoms with E-state index in [2.05, 4.69) is 38.5 Å². The van der Waals surface area contributed by atoms with Crippen LogP contribution in [0.2, 0.25) is 0 Å². The van der Waals surface area contributed by atoms with Crippen molar-refractivity contribution in [3.05, 3.63) is 44.7 Å². The lowest BCUT2D eigenvalue weighted by Gasteiger charge is -2.28. The minimum Gasteiger partial charge on any atom is -0.349 e. The van der Waals surface area contributed by atoms with E-state index >= 15 is 0 Å². The molecule has 0 aliphatic carbocycles. The number of nitrogens with one attached hydrogen (secondary N) is 3. The zero-order chi connectivity index (χ0) is 15.7. The van der Waals surface area contributed by atoms with Crippen molar-refractivity contribution in [2.75, 3.05) is 6.54 Å². The molecule has 0 saturated carbocycles. The summed E-state index contributed by atoms with van der Waals surface area (Å²) in [5.41, 5.74) is 0.799. The van der Waals surface area contributed by atoms with Gasteiger partial charge >= 0.3 is 0 Å². The maximum Gasteiger partial charge on any atom is 0.252 e. The molecule has 1 fully saturated rings. The van der Waals surface area contributed by atoms with Crippen LogP contribution in [-0.4, -0.2) is 29.5 Å². The number of amides is 1. The summed E-state index contributed by atoms with van der Waals surface area (Å²) in [4.78, 5) is 27.2. The van der Waals surface area contributed by atoms with Crippen molar-refractivity contribution in [2.45, 2.75) is 31.8 Å². The van der Waals surface area contributed by atoms with Gasteiger partial charge in [0.05, 0.1) is 11.1 Å². The number of carbonyl (C=O) groups is 1. The molecule has 1 saturated heterocycles. The van der Waals surface area contributed by atoms with Gasteiger partial charge in [0.1, 0.15) is 0 Å². The van der Waals surface area contributed by atoms with Crippen LogP contribution in [0.3, 0.4) is 0 Å². The second-order valence-electron chi connectivity index (χ2n) is 5.76. The second kappa shape index (κ2) is 7.47. The average Bonchev–Trinajstić information content (AvgIpc) is 2.47. The summed E-state index contributed by atoms with van der Waals surface area (Å²) < 4.78 is 0.771. The first-order valence-corrected chi connectivity index (χ1v) is 8.19. The van der Waals surface area contributed by atoms with Gasteiger partial charge in [0.2, 0.25) is 5.56 Å². The van der Waals surface area contributed by atoms with E-state index in [1.54, 1.807) is 0 Å². The molecular formula is C16H19BrClN3O2. The van der Waals surface area contributed by atoms with Crippen LogP contribution in [0, 0.1) is 0 Å². The fourth-order valence-electron chi connectivity index (χ4n) is 2.96. The first kappa shape index (κ1) is 18.0. The third-order valence-corrected chi connectivity index (χ3v) is 4.69. The molecule has 1 aromatic heterocycles. The number of hydrogen-bond donors (Lipinski definition) is 3. The highest BCUT2D eigenvalue weighted by atomic mass is 79.9. The maximum absolute atomic E-state index is 12.6. The highest BCUT2D eigenvalue weighted by Crippen LogP contribution is 2.23. The Hall–Kier alpha value is -1.37. The lowest BCUT2D eigenvalue weighted by atomic mass is 10.00. The SMILES string of the molecule is CC1CC(NC(=O)c2cc(=O)[nH]c3c(Br)cccc23)CCN1.Cl. The van der Waals surface area contributed by atoms with Gasteiger partial charge in [0.25, 0.3) is 5.91 Å². The molecule has 1 amide bonds. The summed E-state index contributed by atoms with van der Waals surface area (Å²) in [6.07, 6.45) is 1.80. The molecule has 23 heavy (non-hydrogen) atoms. The number of H-pyrrole nitrogens is 1. The molecule has 1 aromatic carbocycles. The molecule has 0 radical (unpaired) electrons. The summed E-state index contributed by atoms with van der Waals surface area (Å²) in [6.45, 7) is 3.01. The second-order valence-corrected chi connectivity index (χ2v) is 6.61. The Kier molecular flexibility index (Phi) is 5.84. The molecule has 2 atom stereocenters. The fraction of sp³-hybridized carbons (Fsp3) is 0.375. The van der Waals surface area contributed by atoms with E-state index in [1.807, 2.05) is 18.2 Å². The summed E-state index contributed by atoms with van der Waals surface area (Å²) in [7, 11) is 0. The Morgan fingerprint density at radius 2 is 2.17 bits per heavy atom. The number of halogens is 2. The van der Waals surface area contributed by atoms with Crippen LogP contribution >= 0.6 is 28.3 Å². The number of pyridine rings is 1. The van der Waals surface area contributed by atoms with Gasteiger partial charge < -0.3 is 15.6 Å². The van der Waals surface area contributed by atoms with Crippen molar-refractivity contribution in [1.82, 2.24) is 15.6 Å². The fourth-order valence-corrected chi connectivity index (χ4v) is 3.42. The number of piperidine rings is 1. The van der Waals surface area contributed by atoms with E-state index in [1.165, 1.54) is 6.07 Å². The molecule has 2 unspecified atom stereocenters. The van der Waals surface area contributed by atoms with Gasteiger partial charge in [0.15, 0.2) is 0 Å². The van der Waals surface area contributed by atoms with Gasteiger partial charge in [-0.3, -0.25) is 9.59 Å². The first-order valence-electron chi connectivity index (χ1n) is 7.40. The molecule has 7 heteroatoms. The van der Waals surface area contributed by atoms with Gasteiger partial charge in [-0.25, -0.2) is 0 Å². The van der Waals surface area contributed by atoms with Crippen LogP contribution in [0.15, 0.2) is 33.5 Å².